The molecule has 2 aromatic rings. The van der Waals surface area contributed by atoms with Crippen molar-refractivity contribution in [1.29, 1.82) is 0 Å². The Morgan fingerprint density at radius 2 is 1.90 bits per heavy atom. The van der Waals surface area contributed by atoms with E-state index >= 15 is 0 Å². The lowest BCUT2D eigenvalue weighted by Gasteiger charge is -2.04. The summed E-state index contributed by atoms with van der Waals surface area (Å²) in [6.07, 6.45) is 0. The van der Waals surface area contributed by atoms with E-state index in [1.807, 2.05) is 0 Å². The summed E-state index contributed by atoms with van der Waals surface area (Å²) in [5.41, 5.74) is 7.04. The van der Waals surface area contributed by atoms with Gasteiger partial charge in [0, 0.05) is 5.69 Å². The molecule has 8 nitrogen and oxygen atoms in total. The standard InChI is InChI=1S/C11H13N5O3S/c1-6-9(12)10(16-15-6)11(17)14-7-2-4-8(5-3-7)20(13,18)19/h2-5H,12H2,1H3,(H,14,17)(H,15,16)(H2,13,18,19). The Kier molecular flexibility index (Phi) is 3.47. The number of hydrogen-bond acceptors (Lipinski definition) is 5. The van der Waals surface area contributed by atoms with E-state index in [1.165, 1.54) is 24.3 Å². The molecule has 2 rings (SSSR count). The number of nitrogens with one attached hydrogen (secondary N) is 2. The third kappa shape index (κ3) is 2.78. The summed E-state index contributed by atoms with van der Waals surface area (Å²) in [5, 5.41) is 13.9. The molecule has 106 valence electrons. The summed E-state index contributed by atoms with van der Waals surface area (Å²) in [4.78, 5) is 11.9. The van der Waals surface area contributed by atoms with E-state index < -0.39 is 15.9 Å². The second-order valence-corrected chi connectivity index (χ2v) is 5.70. The molecule has 0 unspecified atom stereocenters. The molecule has 0 aliphatic rings. The predicted molar refractivity (Wildman–Crippen MR) is 73.5 cm³/mol. The van der Waals surface area contributed by atoms with Gasteiger partial charge in [0.15, 0.2) is 5.69 Å². The molecule has 0 radical (unpaired) electrons. The largest absolute Gasteiger partial charge is 0.395 e. The van der Waals surface area contributed by atoms with Crippen molar-refractivity contribution >= 4 is 27.3 Å². The molecular weight excluding hydrogens is 282 g/mol. The highest BCUT2D eigenvalue weighted by molar-refractivity contribution is 7.89. The minimum Gasteiger partial charge on any atom is -0.395 e. The quantitative estimate of drug-likeness (QED) is 0.639. The van der Waals surface area contributed by atoms with E-state index in [2.05, 4.69) is 15.5 Å². The third-order valence-corrected chi connectivity index (χ3v) is 3.58. The van der Waals surface area contributed by atoms with E-state index in [0.717, 1.165) is 0 Å². The predicted octanol–water partition coefficient (Wildman–Crippen LogP) is 0.200. The number of nitrogen functional groups attached to an aromatic ring is 1. The molecule has 6 N–H and O–H groups in total. The zero-order valence-electron chi connectivity index (χ0n) is 10.5. The number of H-pyrrole nitrogens is 1. The molecule has 0 spiro atoms. The Morgan fingerprint density at radius 1 is 1.30 bits per heavy atom. The van der Waals surface area contributed by atoms with E-state index in [1.54, 1.807) is 6.92 Å². The number of aromatic amines is 1. The summed E-state index contributed by atoms with van der Waals surface area (Å²) in [6.45, 7) is 1.69. The number of aryl methyl sites for hydroxylation is 1. The van der Waals surface area contributed by atoms with Gasteiger partial charge in [0.1, 0.15) is 0 Å². The first-order chi connectivity index (χ1) is 9.29. The average Bonchev–Trinajstić information content (AvgIpc) is 2.69. The van der Waals surface area contributed by atoms with Crippen LogP contribution in [0.5, 0.6) is 0 Å². The van der Waals surface area contributed by atoms with Crippen molar-refractivity contribution in [2.24, 2.45) is 5.14 Å². The van der Waals surface area contributed by atoms with Crippen molar-refractivity contribution in [2.45, 2.75) is 11.8 Å². The Bertz CT molecular complexity index is 749. The fraction of sp³-hybridized carbons (Fsp3) is 0.0909. The molecule has 1 heterocycles. The second-order valence-electron chi connectivity index (χ2n) is 4.13. The normalized spacial score (nSPS) is 11.3. The van der Waals surface area contributed by atoms with Crippen LogP contribution in [-0.4, -0.2) is 24.5 Å². The van der Waals surface area contributed by atoms with E-state index in [-0.39, 0.29) is 16.3 Å². The Labute approximate surface area is 115 Å². The number of carbonyl (C=O) groups excluding carboxylic acids is 1. The van der Waals surface area contributed by atoms with E-state index in [9.17, 15) is 13.2 Å². The summed E-state index contributed by atoms with van der Waals surface area (Å²) >= 11 is 0. The van der Waals surface area contributed by atoms with Gasteiger partial charge in [-0.15, -0.1) is 0 Å². The monoisotopic (exact) mass is 295 g/mol. The smallest absolute Gasteiger partial charge is 0.278 e. The minimum atomic E-state index is -3.75. The van der Waals surface area contributed by atoms with Gasteiger partial charge in [0.2, 0.25) is 10.0 Å². The number of aromatic nitrogens is 2. The van der Waals surface area contributed by atoms with Gasteiger partial charge in [-0.25, -0.2) is 13.6 Å². The SMILES string of the molecule is Cc1[nH]nc(C(=O)Nc2ccc(S(N)(=O)=O)cc2)c1N. The van der Waals surface area contributed by atoms with Crippen LogP contribution in [0.3, 0.4) is 0 Å². The summed E-state index contributed by atoms with van der Waals surface area (Å²) < 4.78 is 22.2. The van der Waals surface area contributed by atoms with E-state index in [0.29, 0.717) is 11.4 Å². The topological polar surface area (TPSA) is 144 Å². The highest BCUT2D eigenvalue weighted by Gasteiger charge is 2.15. The third-order valence-electron chi connectivity index (χ3n) is 2.65. The molecule has 0 aliphatic heterocycles. The molecule has 1 aromatic carbocycles. The molecule has 0 aliphatic carbocycles. The fourth-order valence-electron chi connectivity index (χ4n) is 1.53. The number of amides is 1. The molecule has 20 heavy (non-hydrogen) atoms. The minimum absolute atomic E-state index is 0.0365. The van der Waals surface area contributed by atoms with Crippen LogP contribution in [0.2, 0.25) is 0 Å². The van der Waals surface area contributed by atoms with Crippen molar-refractivity contribution in [3.63, 3.8) is 0 Å². The van der Waals surface area contributed by atoms with Crippen LogP contribution in [0.1, 0.15) is 16.2 Å². The van der Waals surface area contributed by atoms with E-state index in [4.69, 9.17) is 10.9 Å². The number of carbonyl (C=O) groups is 1. The van der Waals surface area contributed by atoms with Crippen LogP contribution in [0, 0.1) is 6.92 Å². The summed E-state index contributed by atoms with van der Waals surface area (Å²) in [5.74, 6) is -0.491. The second kappa shape index (κ2) is 4.94. The molecule has 1 aromatic heterocycles. The first-order valence-corrected chi connectivity index (χ1v) is 7.08. The van der Waals surface area contributed by atoms with Crippen molar-refractivity contribution < 1.29 is 13.2 Å². The maximum absolute atomic E-state index is 11.9. The Morgan fingerprint density at radius 3 is 2.35 bits per heavy atom. The number of rotatable bonds is 3. The number of primary sulfonamides is 1. The Balaban J connectivity index is 2.19. The number of anilines is 2. The van der Waals surface area contributed by atoms with Crippen LogP contribution >= 0.6 is 0 Å². The number of hydrogen-bond donors (Lipinski definition) is 4. The molecule has 9 heteroatoms. The van der Waals surface area contributed by atoms with Gasteiger partial charge in [-0.3, -0.25) is 9.89 Å². The molecular formula is C11H13N5O3S. The van der Waals surface area contributed by atoms with Crippen LogP contribution in [0.15, 0.2) is 29.2 Å². The van der Waals surface area contributed by atoms with Gasteiger partial charge in [-0.05, 0) is 31.2 Å². The summed E-state index contributed by atoms with van der Waals surface area (Å²) in [7, 11) is -3.75. The number of nitrogens with two attached hydrogens (primary N) is 2. The highest BCUT2D eigenvalue weighted by Crippen LogP contribution is 2.16. The number of benzene rings is 1. The highest BCUT2D eigenvalue weighted by atomic mass is 32.2. The average molecular weight is 295 g/mol. The van der Waals surface area contributed by atoms with Crippen LogP contribution in [0.25, 0.3) is 0 Å². The first-order valence-electron chi connectivity index (χ1n) is 5.53. The molecule has 0 saturated carbocycles. The van der Waals surface area contributed by atoms with Gasteiger partial charge in [0.25, 0.3) is 5.91 Å². The molecule has 0 atom stereocenters. The first kappa shape index (κ1) is 14.0. The van der Waals surface area contributed by atoms with Crippen LogP contribution < -0.4 is 16.2 Å². The number of nitrogens with zero attached hydrogens (tertiary/aromatic N) is 1. The Hall–Kier alpha value is -2.39. The molecule has 0 bridgehead atoms. The lowest BCUT2D eigenvalue weighted by molar-refractivity contribution is 0.102. The lowest BCUT2D eigenvalue weighted by Crippen LogP contribution is -2.15. The maximum atomic E-state index is 11.9. The van der Waals surface area contributed by atoms with Crippen molar-refractivity contribution in [1.82, 2.24) is 10.2 Å². The number of sulfonamides is 1. The van der Waals surface area contributed by atoms with Gasteiger partial charge >= 0.3 is 0 Å². The zero-order valence-corrected chi connectivity index (χ0v) is 11.4. The van der Waals surface area contributed by atoms with Crippen molar-refractivity contribution in [3.05, 3.63) is 35.7 Å². The lowest BCUT2D eigenvalue weighted by atomic mass is 10.2. The molecule has 0 fully saturated rings. The van der Waals surface area contributed by atoms with Gasteiger partial charge in [-0.2, -0.15) is 5.10 Å². The molecule has 0 saturated heterocycles. The summed E-state index contributed by atoms with van der Waals surface area (Å²) in [6, 6.07) is 5.44. The fourth-order valence-corrected chi connectivity index (χ4v) is 2.04. The van der Waals surface area contributed by atoms with Gasteiger partial charge in [-0.1, -0.05) is 0 Å². The van der Waals surface area contributed by atoms with Crippen LogP contribution in [-0.2, 0) is 10.0 Å². The van der Waals surface area contributed by atoms with Crippen molar-refractivity contribution in [3.8, 4) is 0 Å². The zero-order chi connectivity index (χ0) is 14.9. The van der Waals surface area contributed by atoms with Crippen LogP contribution in [0.4, 0.5) is 11.4 Å². The van der Waals surface area contributed by atoms with Gasteiger partial charge < -0.3 is 11.1 Å². The van der Waals surface area contributed by atoms with Crippen molar-refractivity contribution in [2.75, 3.05) is 11.1 Å². The maximum Gasteiger partial charge on any atom is 0.278 e. The van der Waals surface area contributed by atoms with Gasteiger partial charge in [0.05, 0.1) is 16.3 Å². The molecule has 1 amide bonds.